The summed E-state index contributed by atoms with van der Waals surface area (Å²) in [6, 6.07) is 6.87. The molecule has 0 nitrogen and oxygen atoms in total. The molecular weight excluding hydrogens is 119 g/mol. The van der Waals surface area contributed by atoms with Crippen LogP contribution in [0.5, 0.6) is 0 Å². The Kier molecular flexibility index (Phi) is 1.30. The third-order valence-corrected chi connectivity index (χ3v) is 2.34. The second-order valence-corrected chi connectivity index (χ2v) is 2.96. The Hall–Kier alpha value is -0.715. The van der Waals surface area contributed by atoms with E-state index in [4.69, 9.17) is 0 Å². The fraction of sp³-hybridized carbons (Fsp3) is 0.333. The van der Waals surface area contributed by atoms with E-state index in [-0.39, 0.29) is 0 Å². The van der Waals surface area contributed by atoms with E-state index in [1.807, 2.05) is 0 Å². The van der Waals surface area contributed by atoms with E-state index < -0.39 is 0 Å². The van der Waals surface area contributed by atoms with E-state index in [1.54, 1.807) is 11.1 Å². The highest BCUT2D eigenvalue weighted by atomic mass is 14.1. The van der Waals surface area contributed by atoms with Crippen LogP contribution in [0.25, 0.3) is 0 Å². The van der Waals surface area contributed by atoms with Crippen LogP contribution in [0.2, 0.25) is 6.82 Å². The highest BCUT2D eigenvalue weighted by Gasteiger charge is 2.11. The first-order valence-electron chi connectivity index (χ1n) is 4.01. The minimum absolute atomic E-state index is 1.17. The van der Waals surface area contributed by atoms with Crippen molar-refractivity contribution in [2.45, 2.75) is 19.7 Å². The van der Waals surface area contributed by atoms with Gasteiger partial charge in [0.1, 0.15) is 0 Å². The maximum atomic E-state index is 2.35. The lowest BCUT2D eigenvalue weighted by atomic mass is 9.71. The standard InChI is InChI=1S/C9H11B/c1-10-9-5-4-7-2-3-8(7)6-9/h4-6,10H,2-3H2,1H3. The van der Waals surface area contributed by atoms with Crippen molar-refractivity contribution >= 4 is 12.7 Å². The Morgan fingerprint density at radius 1 is 1.20 bits per heavy atom. The summed E-state index contributed by atoms with van der Waals surface area (Å²) in [7, 11) is 1.17. The summed E-state index contributed by atoms with van der Waals surface area (Å²) in [5.74, 6) is 0. The van der Waals surface area contributed by atoms with Gasteiger partial charge in [0.05, 0.1) is 0 Å². The lowest BCUT2D eigenvalue weighted by molar-refractivity contribution is 0.841. The van der Waals surface area contributed by atoms with Crippen molar-refractivity contribution in [3.63, 3.8) is 0 Å². The molecule has 1 aliphatic carbocycles. The van der Waals surface area contributed by atoms with Gasteiger partial charge in [0.25, 0.3) is 0 Å². The molecule has 0 N–H and O–H groups in total. The minimum Gasteiger partial charge on any atom is -0.0849 e. The third-order valence-electron chi connectivity index (χ3n) is 2.34. The summed E-state index contributed by atoms with van der Waals surface area (Å²) < 4.78 is 0. The number of hydrogen-bond acceptors (Lipinski definition) is 0. The van der Waals surface area contributed by atoms with Crippen LogP contribution in [-0.4, -0.2) is 7.28 Å². The zero-order chi connectivity index (χ0) is 6.97. The van der Waals surface area contributed by atoms with Crippen LogP contribution in [0, 0.1) is 0 Å². The summed E-state index contributed by atoms with van der Waals surface area (Å²) in [5, 5.41) is 0. The highest BCUT2D eigenvalue weighted by Crippen LogP contribution is 2.20. The van der Waals surface area contributed by atoms with Gasteiger partial charge in [-0.1, -0.05) is 30.5 Å². The van der Waals surface area contributed by atoms with Gasteiger partial charge in [0, 0.05) is 0 Å². The molecule has 0 heterocycles. The fourth-order valence-electron chi connectivity index (χ4n) is 1.47. The molecule has 1 aliphatic rings. The summed E-state index contributed by atoms with van der Waals surface area (Å²) in [5.41, 5.74) is 4.63. The first-order valence-corrected chi connectivity index (χ1v) is 4.01. The Morgan fingerprint density at radius 3 is 2.50 bits per heavy atom. The molecule has 10 heavy (non-hydrogen) atoms. The highest BCUT2D eigenvalue weighted by molar-refractivity contribution is 6.51. The van der Waals surface area contributed by atoms with Crippen LogP contribution in [-0.2, 0) is 12.8 Å². The van der Waals surface area contributed by atoms with E-state index in [1.165, 1.54) is 25.6 Å². The quantitative estimate of drug-likeness (QED) is 0.495. The van der Waals surface area contributed by atoms with Gasteiger partial charge in [0.2, 0.25) is 0 Å². The SMILES string of the molecule is CBc1ccc2c(c1)CC2. The van der Waals surface area contributed by atoms with Crippen molar-refractivity contribution in [1.29, 1.82) is 0 Å². The van der Waals surface area contributed by atoms with Crippen LogP contribution in [0.15, 0.2) is 18.2 Å². The minimum atomic E-state index is 1.17. The number of fused-ring (bicyclic) bond motifs is 1. The van der Waals surface area contributed by atoms with Crippen LogP contribution in [0.1, 0.15) is 11.1 Å². The van der Waals surface area contributed by atoms with E-state index in [0.29, 0.717) is 0 Å². The van der Waals surface area contributed by atoms with Crippen LogP contribution in [0.3, 0.4) is 0 Å². The molecule has 1 heteroatoms. The molecule has 2 rings (SSSR count). The molecular formula is C9H11B. The van der Waals surface area contributed by atoms with Gasteiger partial charge >= 0.3 is 0 Å². The summed E-state index contributed by atoms with van der Waals surface area (Å²) in [6.45, 7) is 2.21. The Balaban J connectivity index is 2.42. The molecule has 0 aromatic heterocycles. The van der Waals surface area contributed by atoms with Crippen molar-refractivity contribution in [3.05, 3.63) is 29.3 Å². The second kappa shape index (κ2) is 2.15. The number of aryl methyl sites for hydroxylation is 2. The zero-order valence-corrected chi connectivity index (χ0v) is 6.35. The third kappa shape index (κ3) is 0.774. The summed E-state index contributed by atoms with van der Waals surface area (Å²) >= 11 is 0. The first kappa shape index (κ1) is 6.02. The maximum absolute atomic E-state index is 2.35. The molecule has 0 radical (unpaired) electrons. The second-order valence-electron chi connectivity index (χ2n) is 2.96. The monoisotopic (exact) mass is 130 g/mol. The molecule has 0 saturated carbocycles. The molecule has 1 aromatic carbocycles. The Bertz CT molecular complexity index is 253. The Morgan fingerprint density at radius 2 is 2.00 bits per heavy atom. The average molecular weight is 130 g/mol. The zero-order valence-electron chi connectivity index (χ0n) is 6.35. The normalized spacial score (nSPS) is 13.7. The van der Waals surface area contributed by atoms with Crippen LogP contribution < -0.4 is 5.46 Å². The van der Waals surface area contributed by atoms with Gasteiger partial charge in [-0.15, -0.1) is 0 Å². The fourth-order valence-corrected chi connectivity index (χ4v) is 1.47. The molecule has 1 aromatic rings. The van der Waals surface area contributed by atoms with Gasteiger partial charge in [-0.25, -0.2) is 0 Å². The largest absolute Gasteiger partial charge is 0.154 e. The van der Waals surface area contributed by atoms with Crippen molar-refractivity contribution < 1.29 is 0 Å². The number of rotatable bonds is 1. The van der Waals surface area contributed by atoms with E-state index >= 15 is 0 Å². The maximum Gasteiger partial charge on any atom is 0.154 e. The van der Waals surface area contributed by atoms with Crippen LogP contribution >= 0.6 is 0 Å². The first-order chi connectivity index (χ1) is 4.90. The number of benzene rings is 1. The van der Waals surface area contributed by atoms with Gasteiger partial charge in [-0.3, -0.25) is 0 Å². The van der Waals surface area contributed by atoms with Crippen molar-refractivity contribution in [3.8, 4) is 0 Å². The van der Waals surface area contributed by atoms with Gasteiger partial charge in [-0.05, 0) is 24.0 Å². The molecule has 0 aliphatic heterocycles. The molecule has 0 saturated heterocycles. The Labute approximate surface area is 62.5 Å². The van der Waals surface area contributed by atoms with Crippen LogP contribution in [0.4, 0.5) is 0 Å². The van der Waals surface area contributed by atoms with Gasteiger partial charge in [-0.2, -0.15) is 0 Å². The lowest BCUT2D eigenvalue weighted by Crippen LogP contribution is -2.17. The molecule has 0 spiro atoms. The molecule has 0 amide bonds. The molecule has 0 unspecified atom stereocenters. The number of hydrogen-bond donors (Lipinski definition) is 0. The van der Waals surface area contributed by atoms with Crippen molar-refractivity contribution in [2.24, 2.45) is 0 Å². The van der Waals surface area contributed by atoms with Crippen molar-refractivity contribution in [1.82, 2.24) is 0 Å². The van der Waals surface area contributed by atoms with E-state index in [9.17, 15) is 0 Å². The molecule has 0 bridgehead atoms. The molecule has 0 atom stereocenters. The van der Waals surface area contributed by atoms with E-state index in [0.717, 1.165) is 0 Å². The average Bonchev–Trinajstić information content (AvgIpc) is 1.92. The molecule has 0 fully saturated rings. The molecule has 50 valence electrons. The van der Waals surface area contributed by atoms with Gasteiger partial charge in [0.15, 0.2) is 7.28 Å². The smallest absolute Gasteiger partial charge is 0.0849 e. The van der Waals surface area contributed by atoms with Crippen molar-refractivity contribution in [2.75, 3.05) is 0 Å². The lowest BCUT2D eigenvalue weighted by Gasteiger charge is -2.18. The van der Waals surface area contributed by atoms with E-state index in [2.05, 4.69) is 25.0 Å². The predicted molar refractivity (Wildman–Crippen MR) is 46.5 cm³/mol. The van der Waals surface area contributed by atoms with Gasteiger partial charge < -0.3 is 0 Å². The summed E-state index contributed by atoms with van der Waals surface area (Å²) in [6.07, 6.45) is 2.61. The summed E-state index contributed by atoms with van der Waals surface area (Å²) in [4.78, 5) is 0. The predicted octanol–water partition coefficient (Wildman–Crippen LogP) is 0.895. The topological polar surface area (TPSA) is 0 Å².